The van der Waals surface area contributed by atoms with Gasteiger partial charge in [0.15, 0.2) is 0 Å². The van der Waals surface area contributed by atoms with Gasteiger partial charge in [-0.05, 0) is 57.7 Å². The summed E-state index contributed by atoms with van der Waals surface area (Å²) in [5, 5.41) is 1.13. The standard InChI is InChI=1S/C26H33N5O3S2/c1-17-5-6-22(18(2)15-17)36(33,34)31-13-11-30(12-14-31)26(32)21-7-9-29(10-8-21)24-23-19(3)20(4)35-25(23)28-16-27-24/h5-6,15-16,21H,7-14H2,1-4H3. The van der Waals surface area contributed by atoms with E-state index in [0.29, 0.717) is 31.1 Å². The van der Waals surface area contributed by atoms with E-state index in [1.165, 1.54) is 14.7 Å². The SMILES string of the molecule is Cc1ccc(S(=O)(=O)N2CCN(C(=O)C3CCN(c4ncnc5sc(C)c(C)c45)CC3)CC2)c(C)c1. The van der Waals surface area contributed by atoms with Gasteiger partial charge in [-0.1, -0.05) is 17.7 Å². The molecule has 10 heteroatoms. The van der Waals surface area contributed by atoms with E-state index >= 15 is 0 Å². The number of nitrogens with zero attached hydrogens (tertiary/aromatic N) is 5. The third-order valence-electron chi connectivity index (χ3n) is 7.59. The molecule has 2 aliphatic rings. The third-order valence-corrected chi connectivity index (χ3v) is 10.8. The zero-order valence-electron chi connectivity index (χ0n) is 21.3. The Morgan fingerprint density at radius 2 is 1.67 bits per heavy atom. The number of hydrogen-bond acceptors (Lipinski definition) is 7. The lowest BCUT2D eigenvalue weighted by Crippen LogP contribution is -2.53. The Kier molecular flexibility index (Phi) is 6.78. The Labute approximate surface area is 217 Å². The largest absolute Gasteiger partial charge is 0.356 e. The normalized spacial score (nSPS) is 18.2. The van der Waals surface area contributed by atoms with Crippen LogP contribution in [0, 0.1) is 33.6 Å². The second-order valence-electron chi connectivity index (χ2n) is 9.92. The first-order valence-electron chi connectivity index (χ1n) is 12.5. The lowest BCUT2D eigenvalue weighted by Gasteiger charge is -2.38. The van der Waals surface area contributed by atoms with Crippen molar-refractivity contribution in [3.63, 3.8) is 0 Å². The molecule has 0 bridgehead atoms. The van der Waals surface area contributed by atoms with Crippen LogP contribution in [-0.2, 0) is 14.8 Å². The highest BCUT2D eigenvalue weighted by Gasteiger charge is 2.35. The summed E-state index contributed by atoms with van der Waals surface area (Å²) in [6, 6.07) is 5.42. The fourth-order valence-corrected chi connectivity index (χ4v) is 8.00. The number of piperazine rings is 1. The fourth-order valence-electron chi connectivity index (χ4n) is 5.38. The Morgan fingerprint density at radius 1 is 0.972 bits per heavy atom. The van der Waals surface area contributed by atoms with E-state index in [0.717, 1.165) is 53.1 Å². The van der Waals surface area contributed by atoms with Gasteiger partial charge in [0.1, 0.15) is 17.0 Å². The van der Waals surface area contributed by atoms with Crippen molar-refractivity contribution in [2.24, 2.45) is 5.92 Å². The lowest BCUT2D eigenvalue weighted by molar-refractivity contribution is -0.137. The molecule has 0 N–H and O–H groups in total. The summed E-state index contributed by atoms with van der Waals surface area (Å²) in [5.74, 6) is 1.08. The Morgan fingerprint density at radius 3 is 2.33 bits per heavy atom. The average Bonchev–Trinajstić information content (AvgIpc) is 3.17. The number of sulfonamides is 1. The maximum Gasteiger partial charge on any atom is 0.243 e. The van der Waals surface area contributed by atoms with Crippen LogP contribution in [0.4, 0.5) is 5.82 Å². The number of thiophene rings is 1. The van der Waals surface area contributed by atoms with Crippen LogP contribution in [-0.4, -0.2) is 72.8 Å². The molecule has 2 aromatic heterocycles. The molecule has 3 aromatic rings. The van der Waals surface area contributed by atoms with Crippen molar-refractivity contribution in [2.45, 2.75) is 45.4 Å². The molecule has 2 aliphatic heterocycles. The maximum atomic E-state index is 13.3. The van der Waals surface area contributed by atoms with Gasteiger partial charge >= 0.3 is 0 Å². The quantitative estimate of drug-likeness (QED) is 0.515. The van der Waals surface area contributed by atoms with Crippen molar-refractivity contribution in [3.8, 4) is 0 Å². The molecule has 5 rings (SSSR count). The molecule has 0 unspecified atom stereocenters. The Bertz CT molecular complexity index is 1400. The molecule has 4 heterocycles. The summed E-state index contributed by atoms with van der Waals surface area (Å²) < 4.78 is 27.9. The van der Waals surface area contributed by atoms with Crippen LogP contribution in [0.25, 0.3) is 10.2 Å². The van der Waals surface area contributed by atoms with Gasteiger partial charge in [0.25, 0.3) is 0 Å². The Hall–Kier alpha value is -2.56. The van der Waals surface area contributed by atoms with Gasteiger partial charge in [0, 0.05) is 50.1 Å². The molecule has 1 amide bonds. The molecule has 0 radical (unpaired) electrons. The number of hydrogen-bond donors (Lipinski definition) is 0. The van der Waals surface area contributed by atoms with Crippen molar-refractivity contribution in [2.75, 3.05) is 44.2 Å². The molecule has 0 atom stereocenters. The van der Waals surface area contributed by atoms with E-state index in [1.807, 2.05) is 30.9 Å². The molecule has 36 heavy (non-hydrogen) atoms. The first-order chi connectivity index (χ1) is 17.2. The van der Waals surface area contributed by atoms with Gasteiger partial charge in [-0.2, -0.15) is 4.31 Å². The number of anilines is 1. The van der Waals surface area contributed by atoms with Crippen LogP contribution < -0.4 is 4.90 Å². The summed E-state index contributed by atoms with van der Waals surface area (Å²) >= 11 is 1.70. The smallest absolute Gasteiger partial charge is 0.243 e. The number of benzene rings is 1. The van der Waals surface area contributed by atoms with Gasteiger partial charge < -0.3 is 9.80 Å². The number of piperidine rings is 1. The summed E-state index contributed by atoms with van der Waals surface area (Å²) in [5.41, 5.74) is 3.03. The van der Waals surface area contributed by atoms with Gasteiger partial charge in [-0.25, -0.2) is 18.4 Å². The van der Waals surface area contributed by atoms with Crippen LogP contribution in [0.5, 0.6) is 0 Å². The van der Waals surface area contributed by atoms with E-state index < -0.39 is 10.0 Å². The monoisotopic (exact) mass is 527 g/mol. The Balaban J connectivity index is 1.20. The molecule has 8 nitrogen and oxygen atoms in total. The van der Waals surface area contributed by atoms with E-state index in [-0.39, 0.29) is 11.8 Å². The van der Waals surface area contributed by atoms with E-state index in [4.69, 9.17) is 0 Å². The zero-order valence-corrected chi connectivity index (χ0v) is 23.0. The van der Waals surface area contributed by atoms with Crippen molar-refractivity contribution in [1.82, 2.24) is 19.2 Å². The maximum absolute atomic E-state index is 13.3. The molecular formula is C26H33N5O3S2. The predicted molar refractivity (Wildman–Crippen MR) is 143 cm³/mol. The molecule has 2 saturated heterocycles. The number of amides is 1. The number of rotatable bonds is 4. The van der Waals surface area contributed by atoms with E-state index in [1.54, 1.807) is 23.7 Å². The summed E-state index contributed by atoms with van der Waals surface area (Å²) in [6.45, 7) is 11.1. The lowest BCUT2D eigenvalue weighted by atomic mass is 9.94. The average molecular weight is 528 g/mol. The predicted octanol–water partition coefficient (Wildman–Crippen LogP) is 3.67. The van der Waals surface area contributed by atoms with Gasteiger partial charge in [-0.15, -0.1) is 11.3 Å². The van der Waals surface area contributed by atoms with Gasteiger partial charge in [0.2, 0.25) is 15.9 Å². The molecule has 0 saturated carbocycles. The number of fused-ring (bicyclic) bond motifs is 1. The summed E-state index contributed by atoms with van der Waals surface area (Å²) in [4.78, 5) is 29.1. The van der Waals surface area contributed by atoms with Crippen LogP contribution >= 0.6 is 11.3 Å². The number of carbonyl (C=O) groups is 1. The number of aromatic nitrogens is 2. The first kappa shape index (κ1) is 25.1. The van der Waals surface area contributed by atoms with Crippen molar-refractivity contribution < 1.29 is 13.2 Å². The van der Waals surface area contributed by atoms with E-state index in [2.05, 4.69) is 28.7 Å². The van der Waals surface area contributed by atoms with Gasteiger partial charge in [0.05, 0.1) is 10.3 Å². The topological polar surface area (TPSA) is 86.7 Å². The molecule has 0 aliphatic carbocycles. The molecule has 1 aromatic carbocycles. The highest BCUT2D eigenvalue weighted by Crippen LogP contribution is 2.36. The second kappa shape index (κ2) is 9.72. The minimum absolute atomic E-state index is 0.0358. The van der Waals surface area contributed by atoms with Crippen molar-refractivity contribution in [1.29, 1.82) is 0 Å². The van der Waals surface area contributed by atoms with Crippen molar-refractivity contribution in [3.05, 3.63) is 46.1 Å². The summed E-state index contributed by atoms with van der Waals surface area (Å²) in [6.07, 6.45) is 3.18. The first-order valence-corrected chi connectivity index (χ1v) is 14.7. The molecule has 2 fully saturated rings. The van der Waals surface area contributed by atoms with Crippen molar-refractivity contribution >= 4 is 43.3 Å². The van der Waals surface area contributed by atoms with Gasteiger partial charge in [-0.3, -0.25) is 4.79 Å². The highest BCUT2D eigenvalue weighted by atomic mass is 32.2. The highest BCUT2D eigenvalue weighted by molar-refractivity contribution is 7.89. The van der Waals surface area contributed by atoms with Crippen LogP contribution in [0.3, 0.4) is 0 Å². The van der Waals surface area contributed by atoms with Crippen LogP contribution in [0.15, 0.2) is 29.4 Å². The molecular weight excluding hydrogens is 494 g/mol. The second-order valence-corrected chi connectivity index (χ2v) is 13.0. The zero-order chi connectivity index (χ0) is 25.6. The minimum Gasteiger partial charge on any atom is -0.356 e. The van der Waals surface area contributed by atoms with E-state index in [9.17, 15) is 13.2 Å². The third kappa shape index (κ3) is 4.50. The van der Waals surface area contributed by atoms with Crippen LogP contribution in [0.1, 0.15) is 34.4 Å². The van der Waals surface area contributed by atoms with Crippen LogP contribution in [0.2, 0.25) is 0 Å². The molecule has 192 valence electrons. The minimum atomic E-state index is -3.56. The number of carbonyl (C=O) groups excluding carboxylic acids is 1. The fraction of sp³-hybridized carbons (Fsp3) is 0.500. The number of aryl methyl sites for hydroxylation is 4. The molecule has 0 spiro atoms. The summed E-state index contributed by atoms with van der Waals surface area (Å²) in [7, 11) is -3.56.